The zero-order valence-electron chi connectivity index (χ0n) is 16.8. The fourth-order valence-electron chi connectivity index (χ4n) is 2.79. The molecule has 2 amide bonds. The second-order valence-corrected chi connectivity index (χ2v) is 7.67. The molecule has 0 aromatic heterocycles. The van der Waals surface area contributed by atoms with Gasteiger partial charge in [-0.1, -0.05) is 41.6 Å². The number of hydrogen-bond donors (Lipinski definition) is 1. The average molecular weight is 413 g/mol. The minimum absolute atomic E-state index is 0.241. The molecule has 1 N–H and O–H groups in total. The number of methoxy groups -OCH3 is 1. The van der Waals surface area contributed by atoms with Gasteiger partial charge in [0.2, 0.25) is 11.8 Å². The molecule has 0 spiro atoms. The van der Waals surface area contributed by atoms with E-state index in [1.54, 1.807) is 13.2 Å². The molecule has 8 heteroatoms. The summed E-state index contributed by atoms with van der Waals surface area (Å²) >= 11 is 1.27. The first-order valence-electron chi connectivity index (χ1n) is 9.06. The van der Waals surface area contributed by atoms with Gasteiger partial charge in [0.1, 0.15) is 23.5 Å². The maximum atomic E-state index is 12.2. The van der Waals surface area contributed by atoms with E-state index in [2.05, 4.69) is 10.4 Å². The van der Waals surface area contributed by atoms with E-state index in [0.29, 0.717) is 23.3 Å². The predicted octanol–water partition coefficient (Wildman–Crippen LogP) is 3.58. The van der Waals surface area contributed by atoms with Gasteiger partial charge >= 0.3 is 0 Å². The molecule has 2 aromatic carbocycles. The number of benzene rings is 2. The first kappa shape index (κ1) is 20.7. The van der Waals surface area contributed by atoms with Crippen molar-refractivity contribution in [3.63, 3.8) is 0 Å². The Morgan fingerprint density at radius 1 is 1.17 bits per heavy atom. The summed E-state index contributed by atoms with van der Waals surface area (Å²) in [5.41, 5.74) is 2.96. The first-order valence-corrected chi connectivity index (χ1v) is 9.94. The molecule has 0 fully saturated rings. The summed E-state index contributed by atoms with van der Waals surface area (Å²) in [5.74, 6) is 0.770. The summed E-state index contributed by atoms with van der Waals surface area (Å²) in [6, 6.07) is 13.5. The molecule has 3 rings (SSSR count). The molecule has 152 valence electrons. The van der Waals surface area contributed by atoms with Gasteiger partial charge in [-0.05, 0) is 30.7 Å². The van der Waals surface area contributed by atoms with Crippen LogP contribution >= 0.6 is 11.8 Å². The molecule has 1 aliphatic heterocycles. The van der Waals surface area contributed by atoms with Crippen LogP contribution in [0.2, 0.25) is 0 Å². The van der Waals surface area contributed by atoms with E-state index >= 15 is 0 Å². The van der Waals surface area contributed by atoms with Crippen LogP contribution in [0.25, 0.3) is 0 Å². The minimum atomic E-state index is -0.475. The lowest BCUT2D eigenvalue weighted by molar-refractivity contribution is -0.129. The highest BCUT2D eigenvalue weighted by molar-refractivity contribution is 8.14. The fourth-order valence-corrected chi connectivity index (χ4v) is 3.94. The standard InChI is InChI=1S/C21H23N3O4S/c1-13-5-7-16(8-6-13)12-28-19-10-9-17(27-4)11-18(19)20-24(15(3)26)23-21(29-20)22-14(2)25/h5-11,20H,12H2,1-4H3,(H,22,23,25)/t20-/m1/s1. The van der Waals surface area contributed by atoms with Crippen LogP contribution in [-0.4, -0.2) is 29.1 Å². The molecule has 1 aliphatic rings. The third-order valence-electron chi connectivity index (χ3n) is 4.25. The fraction of sp³-hybridized carbons (Fsp3) is 0.286. The molecule has 2 aromatic rings. The number of carbonyl (C=O) groups excluding carboxylic acids is 2. The SMILES string of the molecule is COc1ccc(OCc2ccc(C)cc2)c([C@H]2SC(NC(C)=O)=NN2C(C)=O)c1. The van der Waals surface area contributed by atoms with Crippen LogP contribution in [-0.2, 0) is 16.2 Å². The Morgan fingerprint density at radius 2 is 1.90 bits per heavy atom. The highest BCUT2D eigenvalue weighted by Crippen LogP contribution is 2.44. The smallest absolute Gasteiger partial charge is 0.241 e. The van der Waals surface area contributed by atoms with Crippen molar-refractivity contribution in [1.82, 2.24) is 10.3 Å². The number of thioether (sulfide) groups is 1. The summed E-state index contributed by atoms with van der Waals surface area (Å²) in [7, 11) is 1.58. The lowest BCUT2D eigenvalue weighted by Gasteiger charge is -2.22. The summed E-state index contributed by atoms with van der Waals surface area (Å²) in [5, 5.41) is 8.12. The molecule has 29 heavy (non-hydrogen) atoms. The van der Waals surface area contributed by atoms with Crippen LogP contribution in [0.3, 0.4) is 0 Å². The number of nitrogens with zero attached hydrogens (tertiary/aromatic N) is 2. The van der Waals surface area contributed by atoms with Gasteiger partial charge in [0, 0.05) is 19.4 Å². The Hall–Kier alpha value is -3.00. The number of carbonyl (C=O) groups is 2. The van der Waals surface area contributed by atoms with E-state index in [1.807, 2.05) is 43.3 Å². The third kappa shape index (κ3) is 5.08. The molecule has 0 radical (unpaired) electrons. The zero-order valence-corrected chi connectivity index (χ0v) is 17.6. The van der Waals surface area contributed by atoms with E-state index in [9.17, 15) is 9.59 Å². The normalized spacial score (nSPS) is 15.7. The molecule has 0 saturated heterocycles. The Bertz CT molecular complexity index is 943. The number of aryl methyl sites for hydroxylation is 1. The molecule has 0 unspecified atom stereocenters. The van der Waals surface area contributed by atoms with Gasteiger partial charge in [-0.2, -0.15) is 0 Å². The van der Waals surface area contributed by atoms with Crippen LogP contribution in [0.15, 0.2) is 47.6 Å². The second-order valence-electron chi connectivity index (χ2n) is 6.60. The number of amidine groups is 1. The maximum Gasteiger partial charge on any atom is 0.241 e. The van der Waals surface area contributed by atoms with Crippen LogP contribution in [0.1, 0.15) is 35.9 Å². The Labute approximate surface area is 174 Å². The molecule has 0 saturated carbocycles. The van der Waals surface area contributed by atoms with E-state index in [0.717, 1.165) is 11.1 Å². The Morgan fingerprint density at radius 3 is 2.52 bits per heavy atom. The van der Waals surface area contributed by atoms with Gasteiger partial charge in [0.05, 0.1) is 7.11 Å². The molecular formula is C21H23N3O4S. The van der Waals surface area contributed by atoms with Crippen LogP contribution in [0, 0.1) is 6.92 Å². The molecule has 0 aliphatic carbocycles. The number of amides is 2. The summed E-state index contributed by atoms with van der Waals surface area (Å²) in [6.45, 7) is 5.25. The quantitative estimate of drug-likeness (QED) is 0.810. The van der Waals surface area contributed by atoms with Crippen molar-refractivity contribution in [3.05, 3.63) is 59.2 Å². The highest BCUT2D eigenvalue weighted by Gasteiger charge is 2.34. The molecule has 1 heterocycles. The van der Waals surface area contributed by atoms with Gasteiger partial charge in [0.15, 0.2) is 5.17 Å². The second kappa shape index (κ2) is 9.00. The summed E-state index contributed by atoms with van der Waals surface area (Å²) in [4.78, 5) is 23.6. The van der Waals surface area contributed by atoms with E-state index in [4.69, 9.17) is 9.47 Å². The third-order valence-corrected chi connectivity index (χ3v) is 5.33. The molecule has 0 bridgehead atoms. The number of nitrogens with one attached hydrogen (secondary N) is 1. The van der Waals surface area contributed by atoms with Gasteiger partial charge in [0.25, 0.3) is 0 Å². The van der Waals surface area contributed by atoms with Crippen LogP contribution < -0.4 is 14.8 Å². The van der Waals surface area contributed by atoms with Gasteiger partial charge in [-0.15, -0.1) is 5.10 Å². The predicted molar refractivity (Wildman–Crippen MR) is 113 cm³/mol. The number of ether oxygens (including phenoxy) is 2. The van der Waals surface area contributed by atoms with Crippen LogP contribution in [0.4, 0.5) is 0 Å². The van der Waals surface area contributed by atoms with Crippen molar-refractivity contribution in [2.45, 2.75) is 32.8 Å². The van der Waals surface area contributed by atoms with Crippen molar-refractivity contribution in [2.75, 3.05) is 7.11 Å². The van der Waals surface area contributed by atoms with Gasteiger partial charge in [-0.25, -0.2) is 5.01 Å². The largest absolute Gasteiger partial charge is 0.497 e. The zero-order chi connectivity index (χ0) is 21.0. The first-order chi connectivity index (χ1) is 13.9. The molecular weight excluding hydrogens is 390 g/mol. The average Bonchev–Trinajstić information content (AvgIpc) is 3.10. The highest BCUT2D eigenvalue weighted by atomic mass is 32.2. The lowest BCUT2D eigenvalue weighted by Crippen LogP contribution is -2.25. The Balaban J connectivity index is 1.89. The summed E-state index contributed by atoms with van der Waals surface area (Å²) in [6.07, 6.45) is 0. The van der Waals surface area contributed by atoms with Crippen molar-refractivity contribution in [3.8, 4) is 11.5 Å². The molecule has 7 nitrogen and oxygen atoms in total. The summed E-state index contributed by atoms with van der Waals surface area (Å²) < 4.78 is 11.4. The number of rotatable bonds is 5. The minimum Gasteiger partial charge on any atom is -0.497 e. The molecule has 1 atom stereocenters. The maximum absolute atomic E-state index is 12.2. The van der Waals surface area contributed by atoms with Gasteiger partial charge < -0.3 is 14.8 Å². The van der Waals surface area contributed by atoms with Crippen molar-refractivity contribution in [2.24, 2.45) is 5.10 Å². The van der Waals surface area contributed by atoms with Gasteiger partial charge in [-0.3, -0.25) is 9.59 Å². The van der Waals surface area contributed by atoms with Crippen molar-refractivity contribution >= 4 is 28.7 Å². The topological polar surface area (TPSA) is 80.2 Å². The lowest BCUT2D eigenvalue weighted by atomic mass is 10.1. The van der Waals surface area contributed by atoms with Crippen molar-refractivity contribution in [1.29, 1.82) is 0 Å². The number of hydrazone groups is 1. The Kier molecular flexibility index (Phi) is 6.43. The number of hydrogen-bond acceptors (Lipinski definition) is 6. The van der Waals surface area contributed by atoms with E-state index in [-0.39, 0.29) is 11.8 Å². The van der Waals surface area contributed by atoms with Crippen LogP contribution in [0.5, 0.6) is 11.5 Å². The monoisotopic (exact) mass is 413 g/mol. The van der Waals surface area contributed by atoms with E-state index < -0.39 is 5.37 Å². The van der Waals surface area contributed by atoms with E-state index in [1.165, 1.54) is 36.2 Å². The van der Waals surface area contributed by atoms with Crippen molar-refractivity contribution < 1.29 is 19.1 Å².